The third-order valence-corrected chi connectivity index (χ3v) is 10.0. The van der Waals surface area contributed by atoms with Gasteiger partial charge in [0, 0.05) is 25.6 Å². The number of carbonyl (C=O) groups is 1. The topological polar surface area (TPSA) is 43.8 Å². The molecule has 5 rings (SSSR count). The van der Waals surface area contributed by atoms with Crippen molar-refractivity contribution in [3.8, 4) is 0 Å². The molecule has 224 valence electrons. The van der Waals surface area contributed by atoms with Gasteiger partial charge in [0.1, 0.15) is 6.04 Å². The second-order valence-electron chi connectivity index (χ2n) is 13.0. The molecule has 4 nitrogen and oxygen atoms in total. The average Bonchev–Trinajstić information content (AvgIpc) is 3.32. The molecular formula is C34H45F3N2O2. The molecule has 0 spiro atoms. The lowest BCUT2D eigenvalue weighted by molar-refractivity contribution is -0.144. The van der Waals surface area contributed by atoms with Crippen molar-refractivity contribution < 1.29 is 23.1 Å². The second-order valence-corrected chi connectivity index (χ2v) is 13.0. The van der Waals surface area contributed by atoms with E-state index in [-0.39, 0.29) is 6.04 Å². The highest BCUT2D eigenvalue weighted by Crippen LogP contribution is 2.39. The quantitative estimate of drug-likeness (QED) is 0.306. The Morgan fingerprint density at radius 3 is 2.34 bits per heavy atom. The van der Waals surface area contributed by atoms with Gasteiger partial charge in [-0.15, -0.1) is 0 Å². The van der Waals surface area contributed by atoms with Crippen LogP contribution in [0, 0.1) is 24.7 Å². The maximum Gasteiger partial charge on any atom is 0.416 e. The lowest BCUT2D eigenvalue weighted by Gasteiger charge is -2.35. The van der Waals surface area contributed by atoms with Crippen LogP contribution in [-0.4, -0.2) is 59.6 Å². The summed E-state index contributed by atoms with van der Waals surface area (Å²) in [5.41, 5.74) is 2.98. The minimum Gasteiger partial charge on any atom is -0.480 e. The molecule has 2 saturated heterocycles. The first kappa shape index (κ1) is 30.1. The maximum absolute atomic E-state index is 12.8. The number of likely N-dealkylation sites (tertiary alicyclic amines) is 2. The first-order valence-corrected chi connectivity index (χ1v) is 15.6. The number of aryl methyl sites for hydroxylation is 2. The van der Waals surface area contributed by atoms with Crippen molar-refractivity contribution in [1.29, 1.82) is 0 Å². The summed E-state index contributed by atoms with van der Waals surface area (Å²) in [4.78, 5) is 17.2. The molecule has 0 bridgehead atoms. The van der Waals surface area contributed by atoms with Gasteiger partial charge < -0.3 is 10.0 Å². The molecule has 41 heavy (non-hydrogen) atoms. The molecule has 3 aliphatic rings. The van der Waals surface area contributed by atoms with E-state index in [0.717, 1.165) is 76.8 Å². The zero-order chi connectivity index (χ0) is 29.0. The molecule has 2 aromatic rings. The largest absolute Gasteiger partial charge is 0.480 e. The van der Waals surface area contributed by atoms with Crippen molar-refractivity contribution in [1.82, 2.24) is 9.80 Å². The van der Waals surface area contributed by atoms with Crippen molar-refractivity contribution in [3.05, 3.63) is 70.8 Å². The smallest absolute Gasteiger partial charge is 0.416 e. The Hall–Kier alpha value is -2.38. The van der Waals surface area contributed by atoms with Gasteiger partial charge in [-0.2, -0.15) is 13.2 Å². The Labute approximate surface area is 242 Å². The van der Waals surface area contributed by atoms with Gasteiger partial charge in [0.2, 0.25) is 0 Å². The van der Waals surface area contributed by atoms with Crippen molar-refractivity contribution in [2.45, 2.75) is 82.8 Å². The normalized spacial score (nSPS) is 23.9. The van der Waals surface area contributed by atoms with Gasteiger partial charge in [0.25, 0.3) is 0 Å². The number of rotatable bonds is 11. The van der Waals surface area contributed by atoms with E-state index in [1.54, 1.807) is 12.1 Å². The van der Waals surface area contributed by atoms with Gasteiger partial charge in [0.15, 0.2) is 0 Å². The van der Waals surface area contributed by atoms with Gasteiger partial charge in [-0.1, -0.05) is 67.6 Å². The van der Waals surface area contributed by atoms with E-state index in [1.807, 2.05) is 0 Å². The van der Waals surface area contributed by atoms with E-state index in [4.69, 9.17) is 0 Å². The van der Waals surface area contributed by atoms with Crippen LogP contribution in [0.2, 0.25) is 0 Å². The Balaban J connectivity index is 1.13. The standard InChI is InChI=1S/C34H45F3N2O2/c1-24-5-2-10-28(19-24)31-23-39(32(33(40)41)20-27-8-4-9-27)22-29(31)21-38-17-15-26(16-18-38)7-3-6-25-11-13-30(14-12-25)34(35,36)37/h2,5,10-14,19,26-27,29,31-32H,3-4,6-9,15-18,20-23H2,1H3,(H,40,41). The fraction of sp³-hybridized carbons (Fsp3) is 0.618. The number of halogens is 3. The van der Waals surface area contributed by atoms with E-state index >= 15 is 0 Å². The summed E-state index contributed by atoms with van der Waals surface area (Å²) in [5.74, 6) is 1.31. The summed E-state index contributed by atoms with van der Waals surface area (Å²) >= 11 is 0. The summed E-state index contributed by atoms with van der Waals surface area (Å²) in [7, 11) is 0. The molecule has 3 atom stereocenters. The highest BCUT2D eigenvalue weighted by atomic mass is 19.4. The fourth-order valence-electron chi connectivity index (χ4n) is 7.32. The first-order valence-electron chi connectivity index (χ1n) is 15.6. The molecule has 2 heterocycles. The molecular weight excluding hydrogens is 525 g/mol. The van der Waals surface area contributed by atoms with E-state index in [9.17, 15) is 23.1 Å². The molecule has 0 amide bonds. The zero-order valence-corrected chi connectivity index (χ0v) is 24.3. The second kappa shape index (κ2) is 13.3. The molecule has 0 radical (unpaired) electrons. The molecule has 1 N–H and O–H groups in total. The van der Waals surface area contributed by atoms with Gasteiger partial charge in [-0.3, -0.25) is 9.69 Å². The lowest BCUT2D eigenvalue weighted by Crippen LogP contribution is -2.43. The third-order valence-electron chi connectivity index (χ3n) is 10.0. The minimum atomic E-state index is -4.28. The van der Waals surface area contributed by atoms with E-state index in [0.29, 0.717) is 23.7 Å². The summed E-state index contributed by atoms with van der Waals surface area (Å²) in [5, 5.41) is 10.1. The van der Waals surface area contributed by atoms with Crippen molar-refractivity contribution in [2.75, 3.05) is 32.7 Å². The number of benzene rings is 2. The van der Waals surface area contributed by atoms with Crippen LogP contribution >= 0.6 is 0 Å². The van der Waals surface area contributed by atoms with Crippen LogP contribution in [-0.2, 0) is 17.4 Å². The van der Waals surface area contributed by atoms with Crippen LogP contribution in [0.15, 0.2) is 48.5 Å². The average molecular weight is 571 g/mol. The van der Waals surface area contributed by atoms with Gasteiger partial charge >= 0.3 is 12.1 Å². The summed E-state index contributed by atoms with van der Waals surface area (Å²) in [6.07, 6.45) is 5.30. The Bertz CT molecular complexity index is 1140. The Morgan fingerprint density at radius 2 is 1.73 bits per heavy atom. The number of aliphatic carboxylic acids is 1. The minimum absolute atomic E-state index is 0.347. The number of carboxylic acid groups (broad SMARTS) is 1. The fourth-order valence-corrected chi connectivity index (χ4v) is 7.32. The van der Waals surface area contributed by atoms with E-state index in [2.05, 4.69) is 41.0 Å². The van der Waals surface area contributed by atoms with Gasteiger partial charge in [0.05, 0.1) is 5.56 Å². The predicted molar refractivity (Wildman–Crippen MR) is 156 cm³/mol. The molecule has 7 heteroatoms. The van der Waals surface area contributed by atoms with Crippen molar-refractivity contribution >= 4 is 5.97 Å². The van der Waals surface area contributed by atoms with E-state index in [1.165, 1.54) is 42.5 Å². The highest BCUT2D eigenvalue weighted by molar-refractivity contribution is 5.73. The number of piperidine rings is 1. The number of carboxylic acids is 1. The number of hydrogen-bond acceptors (Lipinski definition) is 3. The van der Waals surface area contributed by atoms with Crippen molar-refractivity contribution in [3.63, 3.8) is 0 Å². The maximum atomic E-state index is 12.8. The Kier molecular flexibility index (Phi) is 9.75. The van der Waals surface area contributed by atoms with Crippen LogP contribution in [0.1, 0.15) is 79.5 Å². The van der Waals surface area contributed by atoms with Crippen LogP contribution < -0.4 is 0 Å². The van der Waals surface area contributed by atoms with Crippen LogP contribution in [0.25, 0.3) is 0 Å². The zero-order valence-electron chi connectivity index (χ0n) is 24.3. The first-order chi connectivity index (χ1) is 19.7. The Morgan fingerprint density at radius 1 is 1.00 bits per heavy atom. The number of hydrogen-bond donors (Lipinski definition) is 1. The lowest BCUT2D eigenvalue weighted by atomic mass is 9.80. The van der Waals surface area contributed by atoms with Gasteiger partial charge in [-0.25, -0.2) is 0 Å². The SMILES string of the molecule is Cc1cccc(C2CN(C(CC3CCC3)C(=O)O)CC2CN2CCC(CCCc3ccc(C(F)(F)F)cc3)CC2)c1. The third kappa shape index (κ3) is 7.92. The predicted octanol–water partition coefficient (Wildman–Crippen LogP) is 7.41. The van der Waals surface area contributed by atoms with Gasteiger partial charge in [-0.05, 0) is 93.1 Å². The molecule has 1 saturated carbocycles. The van der Waals surface area contributed by atoms with Crippen molar-refractivity contribution in [2.24, 2.45) is 17.8 Å². The summed E-state index contributed by atoms with van der Waals surface area (Å²) in [6.45, 7) is 6.92. The molecule has 2 aromatic carbocycles. The summed E-state index contributed by atoms with van der Waals surface area (Å²) < 4.78 is 38.4. The van der Waals surface area contributed by atoms with Crippen LogP contribution in [0.5, 0.6) is 0 Å². The molecule has 3 fully saturated rings. The van der Waals surface area contributed by atoms with E-state index < -0.39 is 17.7 Å². The summed E-state index contributed by atoms with van der Waals surface area (Å²) in [6, 6.07) is 14.0. The van der Waals surface area contributed by atoms with Crippen LogP contribution in [0.4, 0.5) is 13.2 Å². The molecule has 0 aromatic heterocycles. The molecule has 3 unspecified atom stereocenters. The van der Waals surface area contributed by atoms with Crippen LogP contribution in [0.3, 0.4) is 0 Å². The molecule has 2 aliphatic heterocycles. The highest BCUT2D eigenvalue weighted by Gasteiger charge is 2.41. The monoisotopic (exact) mass is 570 g/mol. The number of nitrogens with zero attached hydrogens (tertiary/aromatic N) is 2. The molecule has 1 aliphatic carbocycles. The number of alkyl halides is 3.